The standard InChI is InChI=1S/C18H17FN4O3/c1-11(2)20-18(24)15-7-8-16(22-21-15)25-9-13-10-26-23-17(13)12-3-5-14(19)6-4-12/h3-8,10-11H,9H2,1-2H3,(H,20,24). The number of halogens is 1. The second-order valence-electron chi connectivity index (χ2n) is 5.87. The van der Waals surface area contributed by atoms with Gasteiger partial charge in [0.25, 0.3) is 5.91 Å². The monoisotopic (exact) mass is 356 g/mol. The van der Waals surface area contributed by atoms with Crippen LogP contribution < -0.4 is 10.1 Å². The van der Waals surface area contributed by atoms with Gasteiger partial charge in [0.05, 0.1) is 5.56 Å². The summed E-state index contributed by atoms with van der Waals surface area (Å²) in [4.78, 5) is 11.8. The molecule has 0 unspecified atom stereocenters. The number of hydrogen-bond acceptors (Lipinski definition) is 6. The molecule has 7 nitrogen and oxygen atoms in total. The minimum absolute atomic E-state index is 0.0127. The van der Waals surface area contributed by atoms with Gasteiger partial charge in [0.15, 0.2) is 5.69 Å². The average molecular weight is 356 g/mol. The Morgan fingerprint density at radius 1 is 1.19 bits per heavy atom. The third kappa shape index (κ3) is 4.21. The van der Waals surface area contributed by atoms with E-state index in [2.05, 4.69) is 20.7 Å². The van der Waals surface area contributed by atoms with E-state index in [4.69, 9.17) is 9.26 Å². The fourth-order valence-electron chi connectivity index (χ4n) is 2.21. The summed E-state index contributed by atoms with van der Waals surface area (Å²) >= 11 is 0. The predicted octanol–water partition coefficient (Wildman–Crippen LogP) is 2.99. The molecule has 3 rings (SSSR count). The Morgan fingerprint density at radius 2 is 1.96 bits per heavy atom. The maximum atomic E-state index is 13.0. The molecule has 1 N–H and O–H groups in total. The Kier molecular flexibility index (Phi) is 5.21. The number of nitrogens with one attached hydrogen (secondary N) is 1. The molecule has 0 fully saturated rings. The lowest BCUT2D eigenvalue weighted by Crippen LogP contribution is -2.30. The molecule has 8 heteroatoms. The highest BCUT2D eigenvalue weighted by Crippen LogP contribution is 2.23. The van der Waals surface area contributed by atoms with Crippen LogP contribution in [0.2, 0.25) is 0 Å². The van der Waals surface area contributed by atoms with Gasteiger partial charge in [-0.05, 0) is 44.2 Å². The highest BCUT2D eigenvalue weighted by Gasteiger charge is 2.13. The van der Waals surface area contributed by atoms with Crippen LogP contribution in [0.3, 0.4) is 0 Å². The Balaban J connectivity index is 1.66. The molecule has 0 saturated carbocycles. The molecule has 2 aromatic heterocycles. The van der Waals surface area contributed by atoms with Crippen molar-refractivity contribution in [1.29, 1.82) is 0 Å². The highest BCUT2D eigenvalue weighted by atomic mass is 19.1. The second kappa shape index (κ2) is 7.73. The van der Waals surface area contributed by atoms with E-state index in [0.29, 0.717) is 16.8 Å². The van der Waals surface area contributed by atoms with E-state index in [-0.39, 0.29) is 35.9 Å². The molecule has 0 bridgehead atoms. The first-order valence-corrected chi connectivity index (χ1v) is 7.99. The van der Waals surface area contributed by atoms with Crippen LogP contribution in [0.5, 0.6) is 5.88 Å². The second-order valence-corrected chi connectivity index (χ2v) is 5.87. The third-order valence-electron chi connectivity index (χ3n) is 3.43. The van der Waals surface area contributed by atoms with Crippen molar-refractivity contribution in [3.8, 4) is 17.1 Å². The van der Waals surface area contributed by atoms with Crippen molar-refractivity contribution in [3.63, 3.8) is 0 Å². The summed E-state index contributed by atoms with van der Waals surface area (Å²) in [6.07, 6.45) is 1.45. The van der Waals surface area contributed by atoms with Crippen molar-refractivity contribution in [2.24, 2.45) is 0 Å². The van der Waals surface area contributed by atoms with Gasteiger partial charge in [-0.2, -0.15) is 0 Å². The molecule has 0 atom stereocenters. The fourth-order valence-corrected chi connectivity index (χ4v) is 2.21. The van der Waals surface area contributed by atoms with Crippen LogP contribution in [-0.2, 0) is 6.61 Å². The number of carbonyl (C=O) groups is 1. The highest BCUT2D eigenvalue weighted by molar-refractivity contribution is 5.92. The molecule has 0 radical (unpaired) electrons. The molecule has 0 aliphatic heterocycles. The number of aromatic nitrogens is 3. The van der Waals surface area contributed by atoms with Gasteiger partial charge in [0, 0.05) is 17.7 Å². The summed E-state index contributed by atoms with van der Waals surface area (Å²) < 4.78 is 23.6. The number of benzene rings is 1. The zero-order chi connectivity index (χ0) is 18.5. The van der Waals surface area contributed by atoms with Crippen LogP contribution in [0.1, 0.15) is 29.9 Å². The summed E-state index contributed by atoms with van der Waals surface area (Å²) in [5.41, 5.74) is 2.17. The first-order valence-electron chi connectivity index (χ1n) is 7.99. The lowest BCUT2D eigenvalue weighted by Gasteiger charge is -2.08. The largest absolute Gasteiger partial charge is 0.472 e. The zero-order valence-corrected chi connectivity index (χ0v) is 14.3. The molecule has 26 heavy (non-hydrogen) atoms. The van der Waals surface area contributed by atoms with Gasteiger partial charge in [0.1, 0.15) is 24.4 Å². The summed E-state index contributed by atoms with van der Waals surface area (Å²) in [6.45, 7) is 3.86. The van der Waals surface area contributed by atoms with Crippen LogP contribution in [0.25, 0.3) is 11.3 Å². The van der Waals surface area contributed by atoms with Gasteiger partial charge in [0.2, 0.25) is 5.88 Å². The molecule has 3 aromatic rings. The molecule has 1 amide bonds. The molecule has 0 spiro atoms. The van der Waals surface area contributed by atoms with Crippen LogP contribution in [0, 0.1) is 5.82 Å². The van der Waals surface area contributed by atoms with Gasteiger partial charge in [-0.15, -0.1) is 10.2 Å². The molecular weight excluding hydrogens is 339 g/mol. The van der Waals surface area contributed by atoms with Gasteiger partial charge in [-0.25, -0.2) is 4.39 Å². The zero-order valence-electron chi connectivity index (χ0n) is 14.3. The van der Waals surface area contributed by atoms with E-state index in [0.717, 1.165) is 0 Å². The van der Waals surface area contributed by atoms with E-state index >= 15 is 0 Å². The molecule has 0 saturated heterocycles. The Morgan fingerprint density at radius 3 is 2.62 bits per heavy atom. The lowest BCUT2D eigenvalue weighted by molar-refractivity contribution is 0.0936. The minimum atomic E-state index is -0.327. The van der Waals surface area contributed by atoms with E-state index in [1.807, 2.05) is 13.8 Å². The summed E-state index contributed by atoms with van der Waals surface area (Å²) in [5.74, 6) is -0.360. The van der Waals surface area contributed by atoms with E-state index in [1.54, 1.807) is 18.2 Å². The number of nitrogens with zero attached hydrogens (tertiary/aromatic N) is 3. The van der Waals surface area contributed by atoms with Crippen molar-refractivity contribution in [2.75, 3.05) is 0 Å². The third-order valence-corrected chi connectivity index (χ3v) is 3.43. The van der Waals surface area contributed by atoms with E-state index < -0.39 is 0 Å². The number of carbonyl (C=O) groups excluding carboxylic acids is 1. The first-order chi connectivity index (χ1) is 12.5. The minimum Gasteiger partial charge on any atom is -0.472 e. The van der Waals surface area contributed by atoms with Crippen molar-refractivity contribution in [1.82, 2.24) is 20.7 Å². The number of hydrogen-bond donors (Lipinski definition) is 1. The predicted molar refractivity (Wildman–Crippen MR) is 90.9 cm³/mol. The quantitative estimate of drug-likeness (QED) is 0.730. The lowest BCUT2D eigenvalue weighted by atomic mass is 10.1. The number of amides is 1. The molecular formula is C18H17FN4O3. The van der Waals surface area contributed by atoms with Crippen LogP contribution in [0.4, 0.5) is 4.39 Å². The van der Waals surface area contributed by atoms with Crippen molar-refractivity contribution in [3.05, 3.63) is 59.7 Å². The normalized spacial score (nSPS) is 10.8. The molecule has 1 aromatic carbocycles. The molecule has 0 aliphatic carbocycles. The topological polar surface area (TPSA) is 90.1 Å². The van der Waals surface area contributed by atoms with Gasteiger partial charge >= 0.3 is 0 Å². The fraction of sp³-hybridized carbons (Fsp3) is 0.222. The first kappa shape index (κ1) is 17.5. The maximum absolute atomic E-state index is 13.0. The van der Waals surface area contributed by atoms with Gasteiger partial charge in [-0.3, -0.25) is 4.79 Å². The molecule has 0 aliphatic rings. The Bertz CT molecular complexity index is 876. The smallest absolute Gasteiger partial charge is 0.272 e. The molecule has 134 valence electrons. The van der Waals surface area contributed by atoms with E-state index in [9.17, 15) is 9.18 Å². The summed E-state index contributed by atoms with van der Waals surface area (Å²) in [5, 5.41) is 14.4. The summed E-state index contributed by atoms with van der Waals surface area (Å²) in [7, 11) is 0. The average Bonchev–Trinajstić information content (AvgIpc) is 3.09. The van der Waals surface area contributed by atoms with Crippen LogP contribution in [0.15, 0.2) is 47.2 Å². The number of ether oxygens (including phenoxy) is 1. The van der Waals surface area contributed by atoms with Crippen molar-refractivity contribution >= 4 is 5.91 Å². The van der Waals surface area contributed by atoms with Gasteiger partial charge in [-0.1, -0.05) is 5.16 Å². The van der Waals surface area contributed by atoms with Crippen molar-refractivity contribution < 1.29 is 18.4 Å². The molecule has 2 heterocycles. The van der Waals surface area contributed by atoms with Crippen LogP contribution >= 0.6 is 0 Å². The SMILES string of the molecule is CC(C)NC(=O)c1ccc(OCc2conc2-c2ccc(F)cc2)nn1. The van der Waals surface area contributed by atoms with Crippen LogP contribution in [-0.4, -0.2) is 27.3 Å². The Labute approximate surface area is 149 Å². The maximum Gasteiger partial charge on any atom is 0.272 e. The van der Waals surface area contributed by atoms with Crippen molar-refractivity contribution in [2.45, 2.75) is 26.5 Å². The van der Waals surface area contributed by atoms with E-state index in [1.165, 1.54) is 24.5 Å². The Hall–Kier alpha value is -3.29. The van der Waals surface area contributed by atoms with Gasteiger partial charge < -0.3 is 14.6 Å². The summed E-state index contributed by atoms with van der Waals surface area (Å²) in [6, 6.07) is 9.03. The number of rotatable bonds is 6.